The summed E-state index contributed by atoms with van der Waals surface area (Å²) >= 11 is 0. The van der Waals surface area contributed by atoms with Crippen molar-refractivity contribution in [3.8, 4) is 17.2 Å². The number of anilines is 2. The van der Waals surface area contributed by atoms with Gasteiger partial charge >= 0.3 is 0 Å². The molecular weight excluding hydrogens is 454 g/mol. The van der Waals surface area contributed by atoms with E-state index in [1.165, 1.54) is 12.7 Å². The average molecular weight is 480 g/mol. The van der Waals surface area contributed by atoms with Crippen molar-refractivity contribution >= 4 is 22.7 Å². The molecule has 1 aromatic carbocycles. The van der Waals surface area contributed by atoms with E-state index in [-0.39, 0.29) is 0 Å². The lowest BCUT2D eigenvalue weighted by atomic mass is 10.1. The molecule has 0 amide bonds. The van der Waals surface area contributed by atoms with Crippen molar-refractivity contribution in [2.24, 2.45) is 0 Å². The smallest absolute Gasteiger partial charge is 0.160 e. The highest BCUT2D eigenvalue weighted by Crippen LogP contribution is 2.31. The molecule has 0 bridgehead atoms. The number of fused-ring (bicyclic) bond motifs is 2. The maximum atomic E-state index is 6.11. The summed E-state index contributed by atoms with van der Waals surface area (Å²) in [6.07, 6.45) is 9.82. The molecule has 10 nitrogen and oxygen atoms in total. The van der Waals surface area contributed by atoms with Gasteiger partial charge in [-0.15, -0.1) is 0 Å². The first kappa shape index (κ1) is 21.8. The van der Waals surface area contributed by atoms with Crippen LogP contribution in [0.15, 0.2) is 73.7 Å². The van der Waals surface area contributed by atoms with Crippen LogP contribution in [0.5, 0.6) is 11.5 Å². The molecule has 10 heteroatoms. The second-order valence-corrected chi connectivity index (χ2v) is 8.73. The van der Waals surface area contributed by atoms with Crippen molar-refractivity contribution in [2.75, 3.05) is 5.32 Å². The predicted molar refractivity (Wildman–Crippen MR) is 136 cm³/mol. The second-order valence-electron chi connectivity index (χ2n) is 8.73. The topological polar surface area (TPSA) is 99.5 Å². The molecule has 0 aliphatic rings. The minimum absolute atomic E-state index is 0.399. The van der Waals surface area contributed by atoms with E-state index in [1.54, 1.807) is 9.03 Å². The van der Waals surface area contributed by atoms with Crippen LogP contribution in [0.25, 0.3) is 16.9 Å². The lowest BCUT2D eigenvalue weighted by Crippen LogP contribution is -2.03. The van der Waals surface area contributed by atoms with Gasteiger partial charge in [-0.2, -0.15) is 15.3 Å². The Morgan fingerprint density at radius 1 is 0.944 bits per heavy atom. The fraction of sp³-hybridized carbons (Fsp3) is 0.192. The predicted octanol–water partition coefficient (Wildman–Crippen LogP) is 5.32. The van der Waals surface area contributed by atoms with Gasteiger partial charge < -0.3 is 10.1 Å². The van der Waals surface area contributed by atoms with Crippen LogP contribution >= 0.6 is 0 Å². The largest absolute Gasteiger partial charge is 0.457 e. The molecule has 1 N–H and O–H groups in total. The molecule has 180 valence electrons. The van der Waals surface area contributed by atoms with Crippen LogP contribution in [0.3, 0.4) is 0 Å². The van der Waals surface area contributed by atoms with Crippen molar-refractivity contribution < 1.29 is 4.74 Å². The summed E-state index contributed by atoms with van der Waals surface area (Å²) in [5.74, 6) is 2.55. The standard InChI is InChI=1S/C26H25N9O/c1-4-17(2)21-8-11-33(32-21)22-9-12-35-25(22)26(28-16-30-35)31-19-5-6-23(18(3)13-19)36-20-7-10-34-24(14-20)27-15-29-34/h5-17H,4H2,1-3H3,(H,28,30,31). The molecule has 0 aliphatic heterocycles. The molecular formula is C26H25N9O. The summed E-state index contributed by atoms with van der Waals surface area (Å²) in [5, 5.41) is 16.7. The van der Waals surface area contributed by atoms with Gasteiger partial charge in [-0.05, 0) is 61.2 Å². The Morgan fingerprint density at radius 2 is 1.78 bits per heavy atom. The van der Waals surface area contributed by atoms with Crippen LogP contribution in [0.2, 0.25) is 0 Å². The molecule has 0 saturated carbocycles. The maximum Gasteiger partial charge on any atom is 0.160 e. The summed E-state index contributed by atoms with van der Waals surface area (Å²) in [6, 6.07) is 13.7. The van der Waals surface area contributed by atoms with E-state index in [4.69, 9.17) is 9.84 Å². The fourth-order valence-corrected chi connectivity index (χ4v) is 4.12. The number of nitrogens with one attached hydrogen (secondary N) is 1. The summed E-state index contributed by atoms with van der Waals surface area (Å²) in [5.41, 5.74) is 5.42. The maximum absolute atomic E-state index is 6.11. The number of rotatable bonds is 7. The third-order valence-electron chi connectivity index (χ3n) is 6.32. The number of ether oxygens (including phenoxy) is 1. The third kappa shape index (κ3) is 3.92. The van der Waals surface area contributed by atoms with Gasteiger partial charge in [-0.1, -0.05) is 13.8 Å². The normalized spacial score (nSPS) is 12.3. The Morgan fingerprint density at radius 3 is 2.64 bits per heavy atom. The third-order valence-corrected chi connectivity index (χ3v) is 6.32. The first-order valence-corrected chi connectivity index (χ1v) is 11.8. The Labute approximate surface area is 207 Å². The number of nitrogens with zero attached hydrogens (tertiary/aromatic N) is 8. The van der Waals surface area contributed by atoms with E-state index < -0.39 is 0 Å². The summed E-state index contributed by atoms with van der Waals surface area (Å²) in [4.78, 5) is 8.74. The van der Waals surface area contributed by atoms with E-state index >= 15 is 0 Å². The van der Waals surface area contributed by atoms with E-state index in [0.717, 1.165) is 46.0 Å². The van der Waals surface area contributed by atoms with Gasteiger partial charge in [0.15, 0.2) is 11.5 Å². The fourth-order valence-electron chi connectivity index (χ4n) is 4.12. The van der Waals surface area contributed by atoms with Crippen molar-refractivity contribution in [3.63, 3.8) is 0 Å². The number of aromatic nitrogens is 8. The molecule has 1 atom stereocenters. The zero-order valence-corrected chi connectivity index (χ0v) is 20.2. The molecule has 36 heavy (non-hydrogen) atoms. The van der Waals surface area contributed by atoms with Crippen molar-refractivity contribution in [1.82, 2.24) is 39.0 Å². The Kier molecular flexibility index (Phi) is 5.33. The Balaban J connectivity index is 1.28. The average Bonchev–Trinajstić information content (AvgIpc) is 3.64. The zero-order chi connectivity index (χ0) is 24.6. The quantitative estimate of drug-likeness (QED) is 0.331. The number of pyridine rings is 1. The highest BCUT2D eigenvalue weighted by Gasteiger charge is 2.15. The molecule has 0 saturated heterocycles. The number of hydrogen-bond acceptors (Lipinski definition) is 7. The van der Waals surface area contributed by atoms with Gasteiger partial charge in [-0.25, -0.2) is 23.7 Å². The zero-order valence-electron chi connectivity index (χ0n) is 20.2. The van der Waals surface area contributed by atoms with Crippen LogP contribution < -0.4 is 10.1 Å². The van der Waals surface area contributed by atoms with E-state index in [1.807, 2.05) is 66.6 Å². The minimum atomic E-state index is 0.399. The Hall–Kier alpha value is -4.73. The summed E-state index contributed by atoms with van der Waals surface area (Å²) in [7, 11) is 0. The van der Waals surface area contributed by atoms with Crippen molar-refractivity contribution in [1.29, 1.82) is 0 Å². The molecule has 0 fully saturated rings. The second kappa shape index (κ2) is 8.81. The molecule has 5 heterocycles. The lowest BCUT2D eigenvalue weighted by molar-refractivity contribution is 0.478. The monoisotopic (exact) mass is 479 g/mol. The van der Waals surface area contributed by atoms with Crippen molar-refractivity contribution in [3.05, 3.63) is 85.0 Å². The van der Waals surface area contributed by atoms with Gasteiger partial charge in [-0.3, -0.25) is 0 Å². The first-order valence-electron chi connectivity index (χ1n) is 11.8. The molecule has 6 rings (SSSR count). The highest BCUT2D eigenvalue weighted by atomic mass is 16.5. The molecule has 0 aliphatic carbocycles. The summed E-state index contributed by atoms with van der Waals surface area (Å²) in [6.45, 7) is 6.36. The molecule has 6 aromatic rings. The van der Waals surface area contributed by atoms with Crippen LogP contribution in [-0.2, 0) is 0 Å². The van der Waals surface area contributed by atoms with Gasteiger partial charge in [0.1, 0.15) is 29.7 Å². The van der Waals surface area contributed by atoms with Crippen LogP contribution in [0.4, 0.5) is 11.5 Å². The lowest BCUT2D eigenvalue weighted by Gasteiger charge is -2.13. The van der Waals surface area contributed by atoms with Crippen LogP contribution in [0, 0.1) is 6.92 Å². The number of benzene rings is 1. The first-order chi connectivity index (χ1) is 17.6. The van der Waals surface area contributed by atoms with Gasteiger partial charge in [0.05, 0.1) is 11.4 Å². The number of hydrogen-bond donors (Lipinski definition) is 1. The SMILES string of the molecule is CCC(C)c1ccn(-c2ccn3ncnc(Nc4ccc(Oc5ccn6ncnc6c5)c(C)c4)c23)n1. The van der Waals surface area contributed by atoms with Crippen molar-refractivity contribution in [2.45, 2.75) is 33.1 Å². The van der Waals surface area contributed by atoms with Gasteiger partial charge in [0.25, 0.3) is 0 Å². The molecule has 0 spiro atoms. The highest BCUT2D eigenvalue weighted by molar-refractivity contribution is 5.81. The van der Waals surface area contributed by atoms with Crippen LogP contribution in [0.1, 0.15) is 37.4 Å². The van der Waals surface area contributed by atoms with Crippen LogP contribution in [-0.4, -0.2) is 39.0 Å². The molecule has 0 radical (unpaired) electrons. The van der Waals surface area contributed by atoms with E-state index in [0.29, 0.717) is 17.5 Å². The van der Waals surface area contributed by atoms with Gasteiger partial charge in [0, 0.05) is 30.3 Å². The van der Waals surface area contributed by atoms with Gasteiger partial charge in [0.2, 0.25) is 0 Å². The minimum Gasteiger partial charge on any atom is -0.457 e. The molecule has 1 unspecified atom stereocenters. The summed E-state index contributed by atoms with van der Waals surface area (Å²) < 4.78 is 11.5. The number of aryl methyl sites for hydroxylation is 1. The van der Waals surface area contributed by atoms with E-state index in [9.17, 15) is 0 Å². The van der Waals surface area contributed by atoms with E-state index in [2.05, 4.69) is 45.4 Å². The Bertz CT molecular complexity index is 1680. The molecule has 5 aromatic heterocycles.